The second-order valence-corrected chi connectivity index (χ2v) is 3.13. The van der Waals surface area contributed by atoms with Crippen molar-refractivity contribution in [1.29, 1.82) is 0 Å². The lowest BCUT2D eigenvalue weighted by atomic mass is 10.3. The SMILES string of the molecule is CC(C)N=C(N)NOc1ccccc1. The second-order valence-electron chi connectivity index (χ2n) is 3.13. The molecule has 0 amide bonds. The zero-order valence-electron chi connectivity index (χ0n) is 8.40. The molecule has 0 aromatic heterocycles. The van der Waals surface area contributed by atoms with Crippen LogP contribution in [-0.2, 0) is 0 Å². The highest BCUT2D eigenvalue weighted by molar-refractivity contribution is 5.77. The van der Waals surface area contributed by atoms with Crippen LogP contribution < -0.4 is 16.1 Å². The highest BCUT2D eigenvalue weighted by atomic mass is 16.6. The number of hydrogen-bond donors (Lipinski definition) is 2. The normalized spacial score (nSPS) is 11.5. The predicted octanol–water partition coefficient (Wildman–Crippen LogP) is 1.29. The molecule has 1 rings (SSSR count). The standard InChI is InChI=1S/C10H15N3O/c1-8(2)12-10(11)13-14-9-6-4-3-5-7-9/h3-8H,1-2H3,(H3,11,12,13). The molecule has 14 heavy (non-hydrogen) atoms. The van der Waals surface area contributed by atoms with Crippen molar-refractivity contribution in [3.8, 4) is 5.75 Å². The molecule has 0 aliphatic rings. The second kappa shape index (κ2) is 5.11. The average molecular weight is 193 g/mol. The zero-order chi connectivity index (χ0) is 10.4. The first-order valence-corrected chi connectivity index (χ1v) is 4.49. The van der Waals surface area contributed by atoms with E-state index in [4.69, 9.17) is 10.6 Å². The monoisotopic (exact) mass is 193 g/mol. The van der Waals surface area contributed by atoms with E-state index < -0.39 is 0 Å². The molecule has 0 saturated heterocycles. The molecule has 1 aromatic carbocycles. The summed E-state index contributed by atoms with van der Waals surface area (Å²) in [5.41, 5.74) is 8.09. The van der Waals surface area contributed by atoms with Gasteiger partial charge in [0.1, 0.15) is 0 Å². The van der Waals surface area contributed by atoms with Crippen LogP contribution in [0.15, 0.2) is 35.3 Å². The first-order chi connectivity index (χ1) is 6.68. The van der Waals surface area contributed by atoms with Gasteiger partial charge in [-0.25, -0.2) is 4.99 Å². The molecule has 1 aromatic rings. The van der Waals surface area contributed by atoms with Gasteiger partial charge in [-0.3, -0.25) is 0 Å². The third-order valence-corrected chi connectivity index (χ3v) is 1.41. The molecular formula is C10H15N3O. The summed E-state index contributed by atoms with van der Waals surface area (Å²) in [6.45, 7) is 3.88. The van der Waals surface area contributed by atoms with E-state index in [2.05, 4.69) is 10.5 Å². The van der Waals surface area contributed by atoms with Crippen molar-refractivity contribution < 1.29 is 4.84 Å². The lowest BCUT2D eigenvalue weighted by Gasteiger charge is -2.07. The quantitative estimate of drug-likeness (QED) is 0.432. The van der Waals surface area contributed by atoms with Crippen LogP contribution in [0.2, 0.25) is 0 Å². The van der Waals surface area contributed by atoms with E-state index >= 15 is 0 Å². The molecule has 4 heteroatoms. The van der Waals surface area contributed by atoms with Crippen LogP contribution in [0.25, 0.3) is 0 Å². The molecule has 4 nitrogen and oxygen atoms in total. The number of aliphatic imine (C=N–C) groups is 1. The number of nitrogens with one attached hydrogen (secondary N) is 1. The number of rotatable bonds is 3. The number of nitrogens with zero attached hydrogens (tertiary/aromatic N) is 1. The Morgan fingerprint density at radius 3 is 2.57 bits per heavy atom. The van der Waals surface area contributed by atoms with E-state index in [0.29, 0.717) is 5.75 Å². The van der Waals surface area contributed by atoms with Gasteiger partial charge in [0.25, 0.3) is 0 Å². The largest absolute Gasteiger partial charge is 0.379 e. The van der Waals surface area contributed by atoms with Crippen molar-refractivity contribution in [2.75, 3.05) is 0 Å². The van der Waals surface area contributed by atoms with Crippen molar-refractivity contribution in [2.24, 2.45) is 10.7 Å². The summed E-state index contributed by atoms with van der Waals surface area (Å²) >= 11 is 0. The van der Waals surface area contributed by atoms with Gasteiger partial charge in [0.05, 0.1) is 0 Å². The van der Waals surface area contributed by atoms with Crippen LogP contribution in [0, 0.1) is 0 Å². The van der Waals surface area contributed by atoms with Gasteiger partial charge in [-0.1, -0.05) is 18.2 Å². The fourth-order valence-electron chi connectivity index (χ4n) is 0.904. The molecule has 0 saturated carbocycles. The molecule has 0 aliphatic carbocycles. The van der Waals surface area contributed by atoms with E-state index in [-0.39, 0.29) is 12.0 Å². The Morgan fingerprint density at radius 1 is 1.36 bits per heavy atom. The average Bonchev–Trinajstić information content (AvgIpc) is 2.15. The topological polar surface area (TPSA) is 59.6 Å². The van der Waals surface area contributed by atoms with Crippen molar-refractivity contribution in [1.82, 2.24) is 5.48 Å². The van der Waals surface area contributed by atoms with Gasteiger partial charge in [0, 0.05) is 6.04 Å². The molecule has 0 atom stereocenters. The number of benzene rings is 1. The minimum atomic E-state index is 0.155. The van der Waals surface area contributed by atoms with Crippen LogP contribution in [0.1, 0.15) is 13.8 Å². The van der Waals surface area contributed by atoms with Crippen LogP contribution in [0.4, 0.5) is 0 Å². The maximum Gasteiger partial charge on any atom is 0.222 e. The minimum Gasteiger partial charge on any atom is -0.379 e. The zero-order valence-corrected chi connectivity index (χ0v) is 8.40. The Balaban J connectivity index is 2.42. The highest BCUT2D eigenvalue weighted by Crippen LogP contribution is 2.05. The molecule has 0 radical (unpaired) electrons. The van der Waals surface area contributed by atoms with Gasteiger partial charge >= 0.3 is 0 Å². The third-order valence-electron chi connectivity index (χ3n) is 1.41. The molecule has 76 valence electrons. The fourth-order valence-corrected chi connectivity index (χ4v) is 0.904. The number of nitrogens with two attached hydrogens (primary N) is 1. The van der Waals surface area contributed by atoms with Crippen LogP contribution in [0.3, 0.4) is 0 Å². The van der Waals surface area contributed by atoms with E-state index in [1.54, 1.807) is 0 Å². The molecule has 0 spiro atoms. The summed E-state index contributed by atoms with van der Waals surface area (Å²) in [4.78, 5) is 9.21. The van der Waals surface area contributed by atoms with Crippen molar-refractivity contribution >= 4 is 5.96 Å². The summed E-state index contributed by atoms with van der Waals surface area (Å²) in [5.74, 6) is 0.984. The van der Waals surface area contributed by atoms with Gasteiger partial charge in [0.15, 0.2) is 5.75 Å². The van der Waals surface area contributed by atoms with Crippen molar-refractivity contribution in [3.05, 3.63) is 30.3 Å². The Kier molecular flexibility index (Phi) is 3.79. The number of hydroxylamine groups is 1. The third kappa shape index (κ3) is 3.80. The van der Waals surface area contributed by atoms with E-state index in [1.165, 1.54) is 0 Å². The van der Waals surface area contributed by atoms with Crippen LogP contribution in [-0.4, -0.2) is 12.0 Å². The summed E-state index contributed by atoms with van der Waals surface area (Å²) in [6.07, 6.45) is 0. The van der Waals surface area contributed by atoms with Gasteiger partial charge in [-0.05, 0) is 26.0 Å². The number of hydrogen-bond acceptors (Lipinski definition) is 2. The molecule has 0 fully saturated rings. The van der Waals surface area contributed by atoms with Crippen molar-refractivity contribution in [3.63, 3.8) is 0 Å². The number of para-hydroxylation sites is 1. The molecule has 0 bridgehead atoms. The Morgan fingerprint density at radius 2 is 2.00 bits per heavy atom. The van der Waals surface area contributed by atoms with E-state index in [9.17, 15) is 0 Å². The minimum absolute atomic E-state index is 0.155. The van der Waals surface area contributed by atoms with Crippen LogP contribution in [0.5, 0.6) is 5.75 Å². The molecule has 0 aliphatic heterocycles. The van der Waals surface area contributed by atoms with Gasteiger partial charge < -0.3 is 10.6 Å². The number of guanidine groups is 1. The first kappa shape index (κ1) is 10.4. The fraction of sp³-hybridized carbons (Fsp3) is 0.300. The Bertz CT molecular complexity index is 295. The van der Waals surface area contributed by atoms with Gasteiger partial charge in [-0.2, -0.15) is 5.48 Å². The summed E-state index contributed by atoms with van der Waals surface area (Å²) in [6, 6.07) is 9.49. The summed E-state index contributed by atoms with van der Waals surface area (Å²) in [5, 5.41) is 0. The van der Waals surface area contributed by atoms with Crippen LogP contribution >= 0.6 is 0 Å². The first-order valence-electron chi connectivity index (χ1n) is 4.49. The lowest BCUT2D eigenvalue weighted by Crippen LogP contribution is -2.35. The highest BCUT2D eigenvalue weighted by Gasteiger charge is 1.94. The predicted molar refractivity (Wildman–Crippen MR) is 57.0 cm³/mol. The maximum atomic E-state index is 5.54. The lowest BCUT2D eigenvalue weighted by molar-refractivity contribution is 0.260. The molecule has 0 unspecified atom stereocenters. The Labute approximate surface area is 83.7 Å². The Hall–Kier alpha value is -1.71. The molecular weight excluding hydrogens is 178 g/mol. The van der Waals surface area contributed by atoms with Gasteiger partial charge in [-0.15, -0.1) is 0 Å². The molecule has 3 N–H and O–H groups in total. The molecule has 0 heterocycles. The van der Waals surface area contributed by atoms with Crippen molar-refractivity contribution in [2.45, 2.75) is 19.9 Å². The van der Waals surface area contributed by atoms with Gasteiger partial charge in [0.2, 0.25) is 5.96 Å². The van der Waals surface area contributed by atoms with E-state index in [1.807, 2.05) is 44.2 Å². The maximum absolute atomic E-state index is 5.54. The summed E-state index contributed by atoms with van der Waals surface area (Å²) in [7, 11) is 0. The smallest absolute Gasteiger partial charge is 0.222 e. The van der Waals surface area contributed by atoms with E-state index in [0.717, 1.165) is 0 Å². The summed E-state index contributed by atoms with van der Waals surface area (Å²) < 4.78 is 0.